The minimum atomic E-state index is -0.420. The smallest absolute Gasteiger partial charge is 0.311 e. The summed E-state index contributed by atoms with van der Waals surface area (Å²) in [5.74, 6) is 0.682. The van der Waals surface area contributed by atoms with E-state index in [-0.39, 0.29) is 5.69 Å². The minimum Gasteiger partial charge on any atom is -0.384 e. The second kappa shape index (κ2) is 3.96. The molecule has 1 heterocycles. The van der Waals surface area contributed by atoms with E-state index in [4.69, 9.17) is 5.73 Å². The van der Waals surface area contributed by atoms with E-state index in [2.05, 4.69) is 4.98 Å². The molecule has 0 spiro atoms. The number of nitro groups is 1. The number of anilines is 2. The Morgan fingerprint density at radius 2 is 2.25 bits per heavy atom. The summed E-state index contributed by atoms with van der Waals surface area (Å²) in [5.41, 5.74) is 5.58. The summed E-state index contributed by atoms with van der Waals surface area (Å²) in [5, 5.41) is 10.9. The summed E-state index contributed by atoms with van der Waals surface area (Å²) >= 11 is 0. The Morgan fingerprint density at radius 3 is 2.75 bits per heavy atom. The zero-order chi connectivity index (χ0) is 11.7. The number of nitrogen functional groups attached to an aromatic ring is 1. The first-order valence-corrected chi connectivity index (χ1v) is 5.23. The van der Waals surface area contributed by atoms with E-state index >= 15 is 0 Å². The van der Waals surface area contributed by atoms with Crippen molar-refractivity contribution in [2.75, 3.05) is 17.7 Å². The molecule has 2 N–H and O–H groups in total. The van der Waals surface area contributed by atoms with E-state index in [9.17, 15) is 10.1 Å². The molecule has 1 saturated carbocycles. The van der Waals surface area contributed by atoms with Gasteiger partial charge in [0.1, 0.15) is 5.82 Å². The average molecular weight is 222 g/mol. The summed E-state index contributed by atoms with van der Waals surface area (Å²) in [7, 11) is 1.83. The van der Waals surface area contributed by atoms with E-state index in [0.717, 1.165) is 12.8 Å². The molecule has 0 radical (unpaired) electrons. The molecule has 1 aromatic rings. The van der Waals surface area contributed by atoms with Crippen LogP contribution in [0.2, 0.25) is 0 Å². The van der Waals surface area contributed by atoms with Crippen molar-refractivity contribution >= 4 is 17.3 Å². The molecule has 0 aromatic carbocycles. The van der Waals surface area contributed by atoms with Crippen LogP contribution in [0, 0.1) is 10.1 Å². The lowest BCUT2D eigenvalue weighted by atomic mass is 9.92. The third-order valence-electron chi connectivity index (χ3n) is 3.03. The number of nitrogens with zero attached hydrogens (tertiary/aromatic N) is 3. The predicted octanol–water partition coefficient (Wildman–Crippen LogP) is 1.56. The highest BCUT2D eigenvalue weighted by Gasteiger charge is 2.28. The number of hydrogen-bond donors (Lipinski definition) is 1. The van der Waals surface area contributed by atoms with Gasteiger partial charge in [0.25, 0.3) is 0 Å². The van der Waals surface area contributed by atoms with Gasteiger partial charge in [-0.15, -0.1) is 0 Å². The molecule has 1 aliphatic carbocycles. The maximum atomic E-state index is 10.9. The van der Waals surface area contributed by atoms with Crippen molar-refractivity contribution < 1.29 is 4.92 Å². The molecule has 0 saturated heterocycles. The molecule has 0 atom stereocenters. The fourth-order valence-electron chi connectivity index (χ4n) is 1.80. The molecule has 2 rings (SSSR count). The molecule has 0 unspecified atom stereocenters. The fraction of sp³-hybridized carbons (Fsp3) is 0.500. The van der Waals surface area contributed by atoms with Crippen molar-refractivity contribution in [2.24, 2.45) is 0 Å². The van der Waals surface area contributed by atoms with Gasteiger partial charge in [-0.1, -0.05) is 0 Å². The third kappa shape index (κ3) is 1.78. The lowest BCUT2D eigenvalue weighted by Crippen LogP contribution is -2.38. The fourth-order valence-corrected chi connectivity index (χ4v) is 1.80. The van der Waals surface area contributed by atoms with Gasteiger partial charge in [0.2, 0.25) is 5.82 Å². The third-order valence-corrected chi connectivity index (χ3v) is 3.03. The Morgan fingerprint density at radius 1 is 1.56 bits per heavy atom. The number of pyridine rings is 1. The number of hydrogen-bond acceptors (Lipinski definition) is 5. The molecule has 86 valence electrons. The summed E-state index contributed by atoms with van der Waals surface area (Å²) in [6.07, 6.45) is 3.29. The van der Waals surface area contributed by atoms with Gasteiger partial charge in [-0.05, 0) is 25.3 Å². The standard InChI is InChI=1S/C10H14N4O2/c1-13(7-3-2-4-7)10-8(14(15)16)5-6-9(11)12-10/h5-7H,2-4H2,1H3,(H2,11,12). The predicted molar refractivity (Wildman–Crippen MR) is 61.3 cm³/mol. The normalized spacial score (nSPS) is 15.6. The van der Waals surface area contributed by atoms with Crippen LogP contribution in [-0.2, 0) is 0 Å². The maximum Gasteiger partial charge on any atom is 0.311 e. The topological polar surface area (TPSA) is 85.3 Å². The van der Waals surface area contributed by atoms with Crippen LogP contribution in [0.4, 0.5) is 17.3 Å². The Labute approximate surface area is 93.2 Å². The number of aromatic nitrogens is 1. The molecule has 1 aromatic heterocycles. The Bertz CT molecular complexity index is 417. The minimum absolute atomic E-state index is 0.0172. The summed E-state index contributed by atoms with van der Waals surface area (Å²) < 4.78 is 0. The van der Waals surface area contributed by atoms with Crippen molar-refractivity contribution in [3.05, 3.63) is 22.2 Å². The molecule has 6 nitrogen and oxygen atoms in total. The van der Waals surface area contributed by atoms with Gasteiger partial charge in [-0.25, -0.2) is 4.98 Å². The molecule has 1 aliphatic rings. The molecular weight excluding hydrogens is 208 g/mol. The van der Waals surface area contributed by atoms with Crippen LogP contribution in [0.3, 0.4) is 0 Å². The van der Waals surface area contributed by atoms with Crippen LogP contribution in [0.5, 0.6) is 0 Å². The van der Waals surface area contributed by atoms with Gasteiger partial charge in [0, 0.05) is 19.2 Å². The SMILES string of the molecule is CN(c1nc(N)ccc1[N+](=O)[O-])C1CCC1. The number of nitrogens with two attached hydrogens (primary N) is 1. The van der Waals surface area contributed by atoms with Crippen LogP contribution in [0.1, 0.15) is 19.3 Å². The van der Waals surface area contributed by atoms with Crippen LogP contribution in [0.15, 0.2) is 12.1 Å². The van der Waals surface area contributed by atoms with Crippen LogP contribution < -0.4 is 10.6 Å². The second-order valence-corrected chi connectivity index (χ2v) is 4.03. The zero-order valence-corrected chi connectivity index (χ0v) is 9.09. The average Bonchev–Trinajstić information content (AvgIpc) is 2.14. The highest BCUT2D eigenvalue weighted by atomic mass is 16.6. The Balaban J connectivity index is 2.36. The first-order chi connectivity index (χ1) is 7.59. The summed E-state index contributed by atoms with van der Waals surface area (Å²) in [6.45, 7) is 0. The van der Waals surface area contributed by atoms with Gasteiger partial charge in [0.15, 0.2) is 0 Å². The Kier molecular flexibility index (Phi) is 2.64. The van der Waals surface area contributed by atoms with Crippen LogP contribution >= 0.6 is 0 Å². The van der Waals surface area contributed by atoms with Gasteiger partial charge in [-0.2, -0.15) is 0 Å². The molecule has 0 bridgehead atoms. The second-order valence-electron chi connectivity index (χ2n) is 4.03. The van der Waals surface area contributed by atoms with Gasteiger partial charge < -0.3 is 10.6 Å². The summed E-state index contributed by atoms with van der Waals surface area (Å²) in [4.78, 5) is 16.4. The zero-order valence-electron chi connectivity index (χ0n) is 9.09. The van der Waals surface area contributed by atoms with Gasteiger partial charge >= 0.3 is 5.69 Å². The lowest BCUT2D eigenvalue weighted by Gasteiger charge is -2.35. The molecule has 0 aliphatic heterocycles. The van der Waals surface area contributed by atoms with E-state index in [1.54, 1.807) is 0 Å². The van der Waals surface area contributed by atoms with Crippen molar-refractivity contribution in [1.29, 1.82) is 0 Å². The summed E-state index contributed by atoms with van der Waals surface area (Å²) in [6, 6.07) is 3.22. The molecule has 0 amide bonds. The Hall–Kier alpha value is -1.85. The molecule has 16 heavy (non-hydrogen) atoms. The molecular formula is C10H14N4O2. The first kappa shape index (κ1) is 10.7. The van der Waals surface area contributed by atoms with Crippen LogP contribution in [-0.4, -0.2) is 23.0 Å². The van der Waals surface area contributed by atoms with Crippen molar-refractivity contribution in [3.63, 3.8) is 0 Å². The van der Waals surface area contributed by atoms with E-state index in [1.807, 2.05) is 11.9 Å². The van der Waals surface area contributed by atoms with E-state index in [1.165, 1.54) is 18.6 Å². The van der Waals surface area contributed by atoms with E-state index in [0.29, 0.717) is 17.7 Å². The van der Waals surface area contributed by atoms with Crippen molar-refractivity contribution in [1.82, 2.24) is 4.98 Å². The molecule has 6 heteroatoms. The van der Waals surface area contributed by atoms with Gasteiger partial charge in [0.05, 0.1) is 4.92 Å². The number of rotatable bonds is 3. The van der Waals surface area contributed by atoms with Crippen molar-refractivity contribution in [3.8, 4) is 0 Å². The van der Waals surface area contributed by atoms with Crippen LogP contribution in [0.25, 0.3) is 0 Å². The highest BCUT2D eigenvalue weighted by molar-refractivity contribution is 5.61. The maximum absolute atomic E-state index is 10.9. The monoisotopic (exact) mass is 222 g/mol. The first-order valence-electron chi connectivity index (χ1n) is 5.23. The van der Waals surface area contributed by atoms with Gasteiger partial charge in [-0.3, -0.25) is 10.1 Å². The highest BCUT2D eigenvalue weighted by Crippen LogP contribution is 2.32. The molecule has 1 fully saturated rings. The lowest BCUT2D eigenvalue weighted by molar-refractivity contribution is -0.384. The van der Waals surface area contributed by atoms with Crippen molar-refractivity contribution in [2.45, 2.75) is 25.3 Å². The van der Waals surface area contributed by atoms with E-state index < -0.39 is 4.92 Å². The largest absolute Gasteiger partial charge is 0.384 e. The quantitative estimate of drug-likeness (QED) is 0.619.